The van der Waals surface area contributed by atoms with Crippen molar-refractivity contribution in [2.75, 3.05) is 13.1 Å². The number of ether oxygens (including phenoxy) is 1. The maximum atomic E-state index is 12.2. The van der Waals surface area contributed by atoms with Crippen molar-refractivity contribution in [3.8, 4) is 0 Å². The van der Waals surface area contributed by atoms with Crippen LogP contribution in [0.4, 0.5) is 4.79 Å². The van der Waals surface area contributed by atoms with Crippen LogP contribution >= 0.6 is 24.0 Å². The molecule has 26 heavy (non-hydrogen) atoms. The summed E-state index contributed by atoms with van der Waals surface area (Å²) in [6.45, 7) is 8.83. The number of aliphatic imine (C=N–C) groups is 1. The second-order valence-electron chi connectivity index (χ2n) is 7.25. The summed E-state index contributed by atoms with van der Waals surface area (Å²) in [6.07, 6.45) is 1.93. The topological polar surface area (TPSA) is 74.8 Å². The zero-order chi connectivity index (χ0) is 18.3. The minimum Gasteiger partial charge on any atom is -0.444 e. The number of hydrogen-bond acceptors (Lipinski definition) is 3. The first-order chi connectivity index (χ1) is 11.9. The number of halogens is 1. The fraction of sp³-hybridized carbons (Fsp3) is 0.579. The SMILES string of the molecule is CCNC(=NCC(NC(=O)OC(C)(C)C)c1ccccc1)NC1CC1.I. The number of rotatable bonds is 6. The monoisotopic (exact) mass is 474 g/mol. The molecule has 1 saturated carbocycles. The van der Waals surface area contributed by atoms with E-state index in [0.717, 1.165) is 18.1 Å². The van der Waals surface area contributed by atoms with Gasteiger partial charge in [-0.1, -0.05) is 30.3 Å². The summed E-state index contributed by atoms with van der Waals surface area (Å²) < 4.78 is 5.39. The Balaban J connectivity index is 0.00000338. The molecule has 6 nitrogen and oxygen atoms in total. The number of carbonyl (C=O) groups is 1. The first kappa shape index (κ1) is 22.5. The number of carbonyl (C=O) groups excluding carboxylic acids is 1. The summed E-state index contributed by atoms with van der Waals surface area (Å²) in [4.78, 5) is 16.8. The summed E-state index contributed by atoms with van der Waals surface area (Å²) in [6, 6.07) is 10.1. The second kappa shape index (κ2) is 10.6. The van der Waals surface area contributed by atoms with Gasteiger partial charge in [0.2, 0.25) is 0 Å². The quantitative estimate of drug-likeness (QED) is 0.335. The van der Waals surface area contributed by atoms with Crippen LogP contribution < -0.4 is 16.0 Å². The molecular weight excluding hydrogens is 443 g/mol. The molecule has 0 aromatic heterocycles. The summed E-state index contributed by atoms with van der Waals surface area (Å²) in [5.74, 6) is 0.789. The first-order valence-electron chi connectivity index (χ1n) is 8.96. The Bertz CT molecular complexity index is 583. The third-order valence-electron chi connectivity index (χ3n) is 3.59. The maximum absolute atomic E-state index is 12.2. The van der Waals surface area contributed by atoms with Crippen LogP contribution in [-0.4, -0.2) is 36.8 Å². The molecule has 1 unspecified atom stereocenters. The van der Waals surface area contributed by atoms with Gasteiger partial charge in [-0.2, -0.15) is 0 Å². The van der Waals surface area contributed by atoms with E-state index in [4.69, 9.17) is 4.74 Å². The lowest BCUT2D eigenvalue weighted by Crippen LogP contribution is -2.40. The number of nitrogens with zero attached hydrogens (tertiary/aromatic N) is 1. The predicted octanol–water partition coefficient (Wildman–Crippen LogP) is 3.59. The van der Waals surface area contributed by atoms with Crippen molar-refractivity contribution in [3.05, 3.63) is 35.9 Å². The number of guanidine groups is 1. The molecule has 1 amide bonds. The van der Waals surface area contributed by atoms with E-state index in [1.165, 1.54) is 12.8 Å². The van der Waals surface area contributed by atoms with Crippen LogP contribution in [-0.2, 0) is 4.74 Å². The fourth-order valence-electron chi connectivity index (χ4n) is 2.29. The molecule has 0 aliphatic heterocycles. The van der Waals surface area contributed by atoms with E-state index in [1.807, 2.05) is 58.0 Å². The number of benzene rings is 1. The van der Waals surface area contributed by atoms with Gasteiger partial charge in [-0.3, -0.25) is 4.99 Å². The Hall–Kier alpha value is -1.51. The van der Waals surface area contributed by atoms with Crippen molar-refractivity contribution in [2.45, 2.75) is 58.2 Å². The van der Waals surface area contributed by atoms with Crippen molar-refractivity contribution in [1.82, 2.24) is 16.0 Å². The van der Waals surface area contributed by atoms with E-state index in [-0.39, 0.29) is 30.0 Å². The van der Waals surface area contributed by atoms with Gasteiger partial charge in [-0.25, -0.2) is 4.79 Å². The van der Waals surface area contributed by atoms with E-state index in [1.54, 1.807) is 0 Å². The van der Waals surface area contributed by atoms with Crippen LogP contribution in [0.2, 0.25) is 0 Å². The lowest BCUT2D eigenvalue weighted by Gasteiger charge is -2.23. The van der Waals surface area contributed by atoms with Crippen molar-refractivity contribution in [3.63, 3.8) is 0 Å². The Morgan fingerprint density at radius 3 is 2.46 bits per heavy atom. The van der Waals surface area contributed by atoms with Crippen LogP contribution in [0.5, 0.6) is 0 Å². The van der Waals surface area contributed by atoms with E-state index >= 15 is 0 Å². The van der Waals surface area contributed by atoms with Crippen molar-refractivity contribution >= 4 is 36.0 Å². The largest absolute Gasteiger partial charge is 0.444 e. The molecule has 7 heteroatoms. The van der Waals surface area contributed by atoms with Gasteiger partial charge in [-0.05, 0) is 46.1 Å². The van der Waals surface area contributed by atoms with Gasteiger partial charge in [0, 0.05) is 12.6 Å². The smallest absolute Gasteiger partial charge is 0.408 e. The molecular formula is C19H31IN4O2. The van der Waals surface area contributed by atoms with Crippen LogP contribution in [0, 0.1) is 0 Å². The molecule has 0 saturated heterocycles. The van der Waals surface area contributed by atoms with Crippen LogP contribution in [0.1, 0.15) is 52.1 Å². The van der Waals surface area contributed by atoms with Crippen molar-refractivity contribution in [1.29, 1.82) is 0 Å². The van der Waals surface area contributed by atoms with Gasteiger partial charge in [0.25, 0.3) is 0 Å². The highest BCUT2D eigenvalue weighted by atomic mass is 127. The minimum atomic E-state index is -0.531. The summed E-state index contributed by atoms with van der Waals surface area (Å²) in [7, 11) is 0. The summed E-state index contributed by atoms with van der Waals surface area (Å²) in [5.41, 5.74) is 0.469. The molecule has 1 aromatic rings. The van der Waals surface area contributed by atoms with E-state index < -0.39 is 11.7 Å². The minimum absolute atomic E-state index is 0. The third-order valence-corrected chi connectivity index (χ3v) is 3.59. The van der Waals surface area contributed by atoms with Crippen LogP contribution in [0.3, 0.4) is 0 Å². The molecule has 1 aliphatic carbocycles. The summed E-state index contributed by atoms with van der Waals surface area (Å²) >= 11 is 0. The van der Waals surface area contributed by atoms with Gasteiger partial charge in [0.15, 0.2) is 5.96 Å². The van der Waals surface area contributed by atoms with E-state index in [0.29, 0.717) is 12.6 Å². The molecule has 0 bridgehead atoms. The number of amides is 1. The van der Waals surface area contributed by atoms with Gasteiger partial charge in [-0.15, -0.1) is 24.0 Å². The van der Waals surface area contributed by atoms with Gasteiger partial charge >= 0.3 is 6.09 Å². The zero-order valence-corrected chi connectivity index (χ0v) is 18.4. The summed E-state index contributed by atoms with van der Waals surface area (Å²) in [5, 5.41) is 9.56. The number of nitrogens with one attached hydrogen (secondary N) is 3. The Labute approximate surface area is 173 Å². The van der Waals surface area contributed by atoms with E-state index in [9.17, 15) is 4.79 Å². The molecule has 1 atom stereocenters. The van der Waals surface area contributed by atoms with Crippen LogP contribution in [0.15, 0.2) is 35.3 Å². The first-order valence-corrected chi connectivity index (χ1v) is 8.96. The number of hydrogen-bond donors (Lipinski definition) is 3. The lowest BCUT2D eigenvalue weighted by atomic mass is 10.1. The molecule has 1 aromatic carbocycles. The Morgan fingerprint density at radius 2 is 1.92 bits per heavy atom. The maximum Gasteiger partial charge on any atom is 0.408 e. The Kier molecular flexibility index (Phi) is 9.18. The average molecular weight is 474 g/mol. The highest BCUT2D eigenvalue weighted by Crippen LogP contribution is 2.19. The zero-order valence-electron chi connectivity index (χ0n) is 16.0. The fourth-order valence-corrected chi connectivity index (χ4v) is 2.29. The van der Waals surface area contributed by atoms with Gasteiger partial charge in [0.05, 0.1) is 12.6 Å². The molecule has 0 radical (unpaired) electrons. The molecule has 1 aliphatic rings. The normalized spacial score (nSPS) is 15.5. The molecule has 0 spiro atoms. The molecule has 3 N–H and O–H groups in total. The van der Waals surface area contributed by atoms with E-state index in [2.05, 4.69) is 20.9 Å². The standard InChI is InChI=1S/C19H30N4O2.HI/c1-5-20-17(22-15-11-12-15)21-13-16(14-9-7-6-8-10-14)23-18(24)25-19(2,3)4;/h6-10,15-16H,5,11-13H2,1-4H3,(H,23,24)(H2,20,21,22);1H. The van der Waals surface area contributed by atoms with Gasteiger partial charge in [0.1, 0.15) is 5.60 Å². The lowest BCUT2D eigenvalue weighted by molar-refractivity contribution is 0.0505. The molecule has 146 valence electrons. The molecule has 0 heterocycles. The molecule has 2 rings (SSSR count). The predicted molar refractivity (Wildman–Crippen MR) is 116 cm³/mol. The average Bonchev–Trinajstić information content (AvgIpc) is 3.34. The number of alkyl carbamates (subject to hydrolysis) is 1. The Morgan fingerprint density at radius 1 is 1.27 bits per heavy atom. The van der Waals surface area contributed by atoms with Crippen molar-refractivity contribution < 1.29 is 9.53 Å². The van der Waals surface area contributed by atoms with Crippen molar-refractivity contribution in [2.24, 2.45) is 4.99 Å². The third kappa shape index (κ3) is 8.73. The highest BCUT2D eigenvalue weighted by molar-refractivity contribution is 14.0. The van der Waals surface area contributed by atoms with Gasteiger partial charge < -0.3 is 20.7 Å². The van der Waals surface area contributed by atoms with Crippen LogP contribution in [0.25, 0.3) is 0 Å². The molecule has 1 fully saturated rings. The second-order valence-corrected chi connectivity index (χ2v) is 7.25. The highest BCUT2D eigenvalue weighted by Gasteiger charge is 2.23.